The van der Waals surface area contributed by atoms with E-state index in [0.29, 0.717) is 23.3 Å². The molecule has 9 heteroatoms. The predicted octanol–water partition coefficient (Wildman–Crippen LogP) is 4.37. The number of nitro groups is 1. The van der Waals surface area contributed by atoms with Crippen LogP contribution in [-0.2, 0) is 6.18 Å². The van der Waals surface area contributed by atoms with Crippen LogP contribution in [0.15, 0.2) is 36.4 Å². The van der Waals surface area contributed by atoms with Gasteiger partial charge in [0.05, 0.1) is 24.7 Å². The number of hydrogen-bond donors (Lipinski definition) is 1. The van der Waals surface area contributed by atoms with Gasteiger partial charge in [-0.1, -0.05) is 0 Å². The second-order valence-corrected chi connectivity index (χ2v) is 4.68. The summed E-state index contributed by atoms with van der Waals surface area (Å²) in [6, 6.07) is 6.91. The zero-order chi connectivity index (χ0) is 17.9. The van der Waals surface area contributed by atoms with Gasteiger partial charge in [0.15, 0.2) is 11.5 Å². The number of ether oxygens (including phenoxy) is 2. The van der Waals surface area contributed by atoms with Gasteiger partial charge in [0, 0.05) is 17.8 Å². The van der Waals surface area contributed by atoms with E-state index in [1.807, 2.05) is 0 Å². The maximum atomic E-state index is 12.7. The number of methoxy groups -OCH3 is 2. The molecule has 0 saturated carbocycles. The van der Waals surface area contributed by atoms with Gasteiger partial charge in [-0.2, -0.15) is 13.2 Å². The topological polar surface area (TPSA) is 73.6 Å². The summed E-state index contributed by atoms with van der Waals surface area (Å²) >= 11 is 0. The Morgan fingerprint density at radius 3 is 2.25 bits per heavy atom. The Morgan fingerprint density at radius 2 is 1.71 bits per heavy atom. The zero-order valence-corrected chi connectivity index (χ0v) is 12.7. The van der Waals surface area contributed by atoms with Crippen LogP contribution >= 0.6 is 0 Å². The minimum Gasteiger partial charge on any atom is -0.493 e. The van der Waals surface area contributed by atoms with E-state index in [9.17, 15) is 23.3 Å². The van der Waals surface area contributed by atoms with Gasteiger partial charge in [0.1, 0.15) is 5.69 Å². The number of benzene rings is 2. The molecule has 2 aromatic carbocycles. The van der Waals surface area contributed by atoms with Crippen LogP contribution < -0.4 is 14.8 Å². The third-order valence-electron chi connectivity index (χ3n) is 3.18. The van der Waals surface area contributed by atoms with Crippen LogP contribution in [0, 0.1) is 10.1 Å². The molecule has 0 unspecified atom stereocenters. The van der Waals surface area contributed by atoms with E-state index >= 15 is 0 Å². The summed E-state index contributed by atoms with van der Waals surface area (Å²) in [6.45, 7) is 0. The molecule has 0 saturated heterocycles. The van der Waals surface area contributed by atoms with E-state index in [-0.39, 0.29) is 5.69 Å². The van der Waals surface area contributed by atoms with Crippen molar-refractivity contribution in [1.29, 1.82) is 0 Å². The normalized spacial score (nSPS) is 11.0. The van der Waals surface area contributed by atoms with Crippen molar-refractivity contribution in [2.45, 2.75) is 6.18 Å². The summed E-state index contributed by atoms with van der Waals surface area (Å²) in [5, 5.41) is 13.8. The summed E-state index contributed by atoms with van der Waals surface area (Å²) < 4.78 is 48.3. The third-order valence-corrected chi connectivity index (χ3v) is 3.18. The van der Waals surface area contributed by atoms with Crippen LogP contribution in [0.3, 0.4) is 0 Å². The lowest BCUT2D eigenvalue weighted by Gasteiger charge is -2.13. The molecule has 2 rings (SSSR count). The smallest absolute Gasteiger partial charge is 0.416 e. The minimum atomic E-state index is -4.66. The van der Waals surface area contributed by atoms with E-state index in [2.05, 4.69) is 5.32 Å². The predicted molar refractivity (Wildman–Crippen MR) is 80.9 cm³/mol. The van der Waals surface area contributed by atoms with Gasteiger partial charge in [0.2, 0.25) is 0 Å². The average Bonchev–Trinajstić information content (AvgIpc) is 2.53. The van der Waals surface area contributed by atoms with Crippen LogP contribution in [0.1, 0.15) is 5.56 Å². The Balaban J connectivity index is 2.41. The summed E-state index contributed by atoms with van der Waals surface area (Å²) in [5.41, 5.74) is -1.44. The van der Waals surface area contributed by atoms with Crippen LogP contribution in [0.5, 0.6) is 11.5 Å². The lowest BCUT2D eigenvalue weighted by molar-refractivity contribution is -0.384. The average molecular weight is 342 g/mol. The van der Waals surface area contributed by atoms with E-state index < -0.39 is 22.4 Å². The highest BCUT2D eigenvalue weighted by Crippen LogP contribution is 2.37. The van der Waals surface area contributed by atoms with Gasteiger partial charge >= 0.3 is 6.18 Å². The molecule has 0 fully saturated rings. The maximum absolute atomic E-state index is 12.7. The number of halogens is 3. The molecule has 2 aromatic rings. The molecular formula is C15H13F3N2O4. The Bertz CT molecular complexity index is 763. The summed E-state index contributed by atoms with van der Waals surface area (Å²) in [6.07, 6.45) is -4.66. The molecule has 0 heterocycles. The molecular weight excluding hydrogens is 329 g/mol. The summed E-state index contributed by atoms with van der Waals surface area (Å²) in [5.74, 6) is 0.821. The Morgan fingerprint density at radius 1 is 1.04 bits per heavy atom. The molecule has 0 amide bonds. The van der Waals surface area contributed by atoms with E-state index in [4.69, 9.17) is 9.47 Å². The van der Waals surface area contributed by atoms with Crippen molar-refractivity contribution in [1.82, 2.24) is 0 Å². The van der Waals surface area contributed by atoms with Gasteiger partial charge in [0.25, 0.3) is 5.69 Å². The molecule has 128 valence electrons. The fourth-order valence-corrected chi connectivity index (χ4v) is 2.03. The molecule has 0 aliphatic carbocycles. The van der Waals surface area contributed by atoms with Crippen molar-refractivity contribution in [3.8, 4) is 11.5 Å². The fourth-order valence-electron chi connectivity index (χ4n) is 2.03. The first-order valence-corrected chi connectivity index (χ1v) is 6.61. The zero-order valence-electron chi connectivity index (χ0n) is 12.7. The standard InChI is InChI=1S/C15H13F3N2O4/c1-23-13-6-4-10(8-14(13)24-2)19-11-5-3-9(15(16,17)18)7-12(11)20(21)22/h3-8,19H,1-2H3. The first-order valence-electron chi connectivity index (χ1n) is 6.61. The van der Waals surface area contributed by atoms with Crippen molar-refractivity contribution >= 4 is 17.1 Å². The quantitative estimate of drug-likeness (QED) is 0.645. The van der Waals surface area contributed by atoms with Crippen LogP contribution in [0.4, 0.5) is 30.2 Å². The monoisotopic (exact) mass is 342 g/mol. The minimum absolute atomic E-state index is 0.0692. The molecule has 0 atom stereocenters. The third kappa shape index (κ3) is 3.67. The Labute approximate surface area is 135 Å². The lowest BCUT2D eigenvalue weighted by Crippen LogP contribution is -2.06. The number of anilines is 2. The number of alkyl halides is 3. The lowest BCUT2D eigenvalue weighted by atomic mass is 10.1. The molecule has 0 radical (unpaired) electrons. The van der Waals surface area contributed by atoms with Crippen molar-refractivity contribution in [3.05, 3.63) is 52.1 Å². The molecule has 0 spiro atoms. The molecule has 0 aromatic heterocycles. The number of nitrogens with zero attached hydrogens (tertiary/aromatic N) is 1. The molecule has 24 heavy (non-hydrogen) atoms. The number of nitro benzene ring substituents is 1. The summed E-state index contributed by atoms with van der Waals surface area (Å²) in [4.78, 5) is 10.2. The molecule has 0 aliphatic heterocycles. The first kappa shape index (κ1) is 17.4. The van der Waals surface area contributed by atoms with Gasteiger partial charge in [-0.15, -0.1) is 0 Å². The van der Waals surface area contributed by atoms with Crippen molar-refractivity contribution in [2.24, 2.45) is 0 Å². The largest absolute Gasteiger partial charge is 0.493 e. The van der Waals surface area contributed by atoms with Gasteiger partial charge in [-0.05, 0) is 24.3 Å². The molecule has 1 N–H and O–H groups in total. The van der Waals surface area contributed by atoms with Crippen molar-refractivity contribution < 1.29 is 27.6 Å². The van der Waals surface area contributed by atoms with Gasteiger partial charge in [-0.3, -0.25) is 10.1 Å². The Hall–Kier alpha value is -2.97. The van der Waals surface area contributed by atoms with E-state index in [1.54, 1.807) is 12.1 Å². The number of nitrogens with one attached hydrogen (secondary N) is 1. The van der Waals surface area contributed by atoms with Gasteiger partial charge in [-0.25, -0.2) is 0 Å². The number of hydrogen-bond acceptors (Lipinski definition) is 5. The summed E-state index contributed by atoms with van der Waals surface area (Å²) in [7, 11) is 2.87. The highest BCUT2D eigenvalue weighted by atomic mass is 19.4. The fraction of sp³-hybridized carbons (Fsp3) is 0.200. The van der Waals surface area contributed by atoms with Crippen LogP contribution in [0.2, 0.25) is 0 Å². The van der Waals surface area contributed by atoms with Crippen LogP contribution in [0.25, 0.3) is 0 Å². The maximum Gasteiger partial charge on any atom is 0.416 e. The highest BCUT2D eigenvalue weighted by Gasteiger charge is 2.33. The molecule has 0 aliphatic rings. The van der Waals surface area contributed by atoms with Crippen molar-refractivity contribution in [3.63, 3.8) is 0 Å². The van der Waals surface area contributed by atoms with E-state index in [1.165, 1.54) is 20.3 Å². The first-order chi connectivity index (χ1) is 11.3. The van der Waals surface area contributed by atoms with Gasteiger partial charge < -0.3 is 14.8 Å². The second-order valence-electron chi connectivity index (χ2n) is 4.68. The highest BCUT2D eigenvalue weighted by molar-refractivity contribution is 5.71. The molecule has 6 nitrogen and oxygen atoms in total. The van der Waals surface area contributed by atoms with E-state index in [0.717, 1.165) is 12.1 Å². The van der Waals surface area contributed by atoms with Crippen molar-refractivity contribution in [2.75, 3.05) is 19.5 Å². The SMILES string of the molecule is COc1ccc(Nc2ccc(C(F)(F)F)cc2[N+](=O)[O-])cc1OC. The Kier molecular flexibility index (Phi) is 4.82. The van der Waals surface area contributed by atoms with Crippen LogP contribution in [-0.4, -0.2) is 19.1 Å². The molecule has 0 bridgehead atoms. The second kappa shape index (κ2) is 6.65. The number of rotatable bonds is 5.